The second kappa shape index (κ2) is 8.75. The molecule has 0 aromatic carbocycles. The standard InChI is InChI=1S/C13H20N4O4/c1-3-5-17(7-8-21-2)13(20)14-4-6-16-9-11(12(18)19)15-10-16/h3,9-10H,1,4-8H2,2H3,(H,14,20)(H,18,19). The van der Waals surface area contributed by atoms with E-state index in [2.05, 4.69) is 16.9 Å². The van der Waals surface area contributed by atoms with E-state index in [-0.39, 0.29) is 11.7 Å². The number of nitrogens with one attached hydrogen (secondary N) is 1. The molecule has 21 heavy (non-hydrogen) atoms. The summed E-state index contributed by atoms with van der Waals surface area (Å²) in [5, 5.41) is 11.5. The zero-order valence-electron chi connectivity index (χ0n) is 12.0. The molecule has 8 nitrogen and oxygen atoms in total. The maximum Gasteiger partial charge on any atom is 0.356 e. The summed E-state index contributed by atoms with van der Waals surface area (Å²) >= 11 is 0. The molecule has 0 fully saturated rings. The van der Waals surface area contributed by atoms with Crippen molar-refractivity contribution in [2.45, 2.75) is 6.54 Å². The number of rotatable bonds is 9. The normalized spacial score (nSPS) is 10.1. The van der Waals surface area contributed by atoms with Gasteiger partial charge in [0.15, 0.2) is 5.69 Å². The lowest BCUT2D eigenvalue weighted by Gasteiger charge is -2.21. The van der Waals surface area contributed by atoms with Crippen LogP contribution in [0.4, 0.5) is 4.79 Å². The number of carboxylic acid groups (broad SMARTS) is 1. The van der Waals surface area contributed by atoms with Gasteiger partial charge in [0.25, 0.3) is 0 Å². The smallest absolute Gasteiger partial charge is 0.356 e. The third kappa shape index (κ3) is 5.65. The minimum atomic E-state index is -1.07. The van der Waals surface area contributed by atoms with Crippen molar-refractivity contribution in [1.29, 1.82) is 0 Å². The van der Waals surface area contributed by atoms with Gasteiger partial charge in [0, 0.05) is 39.5 Å². The fourth-order valence-electron chi connectivity index (χ4n) is 1.63. The van der Waals surface area contributed by atoms with Crippen LogP contribution < -0.4 is 5.32 Å². The van der Waals surface area contributed by atoms with Crippen molar-refractivity contribution in [3.05, 3.63) is 30.9 Å². The number of urea groups is 1. The van der Waals surface area contributed by atoms with Crippen LogP contribution in [0.2, 0.25) is 0 Å². The Hall–Kier alpha value is -2.35. The Morgan fingerprint density at radius 1 is 1.62 bits per heavy atom. The second-order valence-corrected chi connectivity index (χ2v) is 4.26. The molecule has 0 aliphatic rings. The van der Waals surface area contributed by atoms with Crippen molar-refractivity contribution in [2.24, 2.45) is 0 Å². The molecule has 0 saturated heterocycles. The molecule has 2 amide bonds. The molecule has 0 saturated carbocycles. The molecule has 0 radical (unpaired) electrons. The van der Waals surface area contributed by atoms with Gasteiger partial charge in [0.05, 0.1) is 12.9 Å². The van der Waals surface area contributed by atoms with Gasteiger partial charge in [-0.25, -0.2) is 14.6 Å². The molecule has 1 aromatic rings. The van der Waals surface area contributed by atoms with Crippen molar-refractivity contribution in [3.63, 3.8) is 0 Å². The number of amides is 2. The number of carbonyl (C=O) groups is 2. The molecule has 0 spiro atoms. The summed E-state index contributed by atoms with van der Waals surface area (Å²) in [7, 11) is 1.57. The molecular weight excluding hydrogens is 276 g/mol. The van der Waals surface area contributed by atoms with Crippen LogP contribution in [0.3, 0.4) is 0 Å². The largest absolute Gasteiger partial charge is 0.476 e. The van der Waals surface area contributed by atoms with Crippen LogP contribution in [0.25, 0.3) is 0 Å². The van der Waals surface area contributed by atoms with Crippen LogP contribution in [0, 0.1) is 0 Å². The minimum absolute atomic E-state index is 0.0188. The molecule has 0 aliphatic heterocycles. The van der Waals surface area contributed by atoms with E-state index in [0.717, 1.165) is 0 Å². The van der Waals surface area contributed by atoms with Crippen LogP contribution in [0.5, 0.6) is 0 Å². The van der Waals surface area contributed by atoms with E-state index < -0.39 is 5.97 Å². The van der Waals surface area contributed by atoms with Gasteiger partial charge in [-0.15, -0.1) is 6.58 Å². The average molecular weight is 296 g/mol. The number of ether oxygens (including phenoxy) is 1. The lowest BCUT2D eigenvalue weighted by molar-refractivity contribution is 0.0691. The second-order valence-electron chi connectivity index (χ2n) is 4.26. The Morgan fingerprint density at radius 3 is 2.95 bits per heavy atom. The Morgan fingerprint density at radius 2 is 2.38 bits per heavy atom. The monoisotopic (exact) mass is 296 g/mol. The number of hydrogen-bond acceptors (Lipinski definition) is 4. The van der Waals surface area contributed by atoms with Gasteiger partial charge in [0.1, 0.15) is 0 Å². The number of aromatic nitrogens is 2. The number of carbonyl (C=O) groups excluding carboxylic acids is 1. The lowest BCUT2D eigenvalue weighted by atomic mass is 10.4. The van der Waals surface area contributed by atoms with E-state index in [1.807, 2.05) is 0 Å². The minimum Gasteiger partial charge on any atom is -0.476 e. The van der Waals surface area contributed by atoms with Crippen LogP contribution >= 0.6 is 0 Å². The van der Waals surface area contributed by atoms with Crippen LogP contribution in [0.1, 0.15) is 10.5 Å². The summed E-state index contributed by atoms with van der Waals surface area (Å²) in [6.45, 7) is 5.78. The van der Waals surface area contributed by atoms with E-state index in [0.29, 0.717) is 32.8 Å². The third-order valence-corrected chi connectivity index (χ3v) is 2.70. The van der Waals surface area contributed by atoms with Crippen molar-refractivity contribution in [3.8, 4) is 0 Å². The fraction of sp³-hybridized carbons (Fsp3) is 0.462. The van der Waals surface area contributed by atoms with Crippen LogP contribution in [0.15, 0.2) is 25.2 Å². The first-order chi connectivity index (χ1) is 10.1. The van der Waals surface area contributed by atoms with E-state index >= 15 is 0 Å². The van der Waals surface area contributed by atoms with Gasteiger partial charge in [-0.05, 0) is 0 Å². The highest BCUT2D eigenvalue weighted by Gasteiger charge is 2.11. The first-order valence-electron chi connectivity index (χ1n) is 6.46. The van der Waals surface area contributed by atoms with Gasteiger partial charge in [-0.2, -0.15) is 0 Å². The Labute approximate surface area is 123 Å². The van der Waals surface area contributed by atoms with E-state index in [4.69, 9.17) is 9.84 Å². The molecule has 116 valence electrons. The summed E-state index contributed by atoms with van der Waals surface area (Å²) in [6.07, 6.45) is 4.48. The Kier molecular flexibility index (Phi) is 6.96. The summed E-state index contributed by atoms with van der Waals surface area (Å²) in [5.74, 6) is -1.07. The van der Waals surface area contributed by atoms with Gasteiger partial charge >= 0.3 is 12.0 Å². The van der Waals surface area contributed by atoms with Gasteiger partial charge in [0.2, 0.25) is 0 Å². The highest BCUT2D eigenvalue weighted by atomic mass is 16.5. The quantitative estimate of drug-likeness (QED) is 0.644. The first-order valence-corrected chi connectivity index (χ1v) is 6.46. The molecule has 8 heteroatoms. The van der Waals surface area contributed by atoms with Gasteiger partial charge in [-0.3, -0.25) is 0 Å². The summed E-state index contributed by atoms with van der Waals surface area (Å²) in [5.41, 5.74) is -0.0188. The molecular formula is C13H20N4O4. The Bertz CT molecular complexity index is 486. The predicted octanol–water partition coefficient (Wildman–Crippen LogP) is 0.425. The van der Waals surface area contributed by atoms with Crippen LogP contribution in [-0.4, -0.2) is 64.9 Å². The van der Waals surface area contributed by atoms with Gasteiger partial charge in [-0.1, -0.05) is 6.08 Å². The maximum atomic E-state index is 11.9. The predicted molar refractivity (Wildman–Crippen MR) is 76.2 cm³/mol. The lowest BCUT2D eigenvalue weighted by Crippen LogP contribution is -2.42. The highest BCUT2D eigenvalue weighted by Crippen LogP contribution is 1.96. The third-order valence-electron chi connectivity index (χ3n) is 2.70. The molecule has 0 atom stereocenters. The van der Waals surface area contributed by atoms with Gasteiger partial charge < -0.3 is 24.6 Å². The van der Waals surface area contributed by atoms with Crippen molar-refractivity contribution in [1.82, 2.24) is 19.8 Å². The number of methoxy groups -OCH3 is 1. The number of hydrogen-bond donors (Lipinski definition) is 2. The molecule has 0 aliphatic carbocycles. The highest BCUT2D eigenvalue weighted by molar-refractivity contribution is 5.84. The summed E-state index contributed by atoms with van der Waals surface area (Å²) in [6, 6.07) is -0.217. The van der Waals surface area contributed by atoms with Crippen molar-refractivity contribution >= 4 is 12.0 Å². The maximum absolute atomic E-state index is 11.9. The molecule has 1 aromatic heterocycles. The number of imidazole rings is 1. The summed E-state index contributed by atoms with van der Waals surface area (Å²) in [4.78, 5) is 27.9. The topological polar surface area (TPSA) is 96.7 Å². The molecule has 1 heterocycles. The Balaban J connectivity index is 2.39. The summed E-state index contributed by atoms with van der Waals surface area (Å²) < 4.78 is 6.55. The zero-order valence-corrected chi connectivity index (χ0v) is 12.0. The first kappa shape index (κ1) is 16.7. The molecule has 1 rings (SSSR count). The average Bonchev–Trinajstić information content (AvgIpc) is 2.92. The number of nitrogens with zero attached hydrogens (tertiary/aromatic N) is 3. The van der Waals surface area contributed by atoms with Crippen molar-refractivity contribution < 1.29 is 19.4 Å². The molecule has 0 bridgehead atoms. The van der Waals surface area contributed by atoms with E-state index in [1.165, 1.54) is 12.5 Å². The van der Waals surface area contributed by atoms with E-state index in [9.17, 15) is 9.59 Å². The fourth-order valence-corrected chi connectivity index (χ4v) is 1.63. The van der Waals surface area contributed by atoms with E-state index in [1.54, 1.807) is 22.7 Å². The van der Waals surface area contributed by atoms with Crippen molar-refractivity contribution in [2.75, 3.05) is 33.4 Å². The SMILES string of the molecule is C=CCN(CCOC)C(=O)NCCn1cnc(C(=O)O)c1. The number of carboxylic acids is 1. The molecule has 0 unspecified atom stereocenters. The zero-order chi connectivity index (χ0) is 15.7. The molecule has 2 N–H and O–H groups in total. The number of aromatic carboxylic acids is 1. The van der Waals surface area contributed by atoms with Crippen LogP contribution in [-0.2, 0) is 11.3 Å².